The van der Waals surface area contributed by atoms with Gasteiger partial charge < -0.3 is 15.0 Å². The van der Waals surface area contributed by atoms with Gasteiger partial charge in [-0.05, 0) is 38.1 Å². The first-order chi connectivity index (χ1) is 12.0. The van der Waals surface area contributed by atoms with E-state index >= 15 is 0 Å². The highest BCUT2D eigenvalue weighted by atomic mass is 19.1. The number of nitrogens with one attached hydrogen (secondary N) is 1. The summed E-state index contributed by atoms with van der Waals surface area (Å²) < 4.78 is 18.4. The minimum atomic E-state index is -0.420. The Morgan fingerprint density at radius 3 is 2.84 bits per heavy atom. The van der Waals surface area contributed by atoms with Crippen LogP contribution in [0.15, 0.2) is 36.7 Å². The third-order valence-electron chi connectivity index (χ3n) is 4.19. The number of hydrogen-bond acceptors (Lipinski definition) is 5. The van der Waals surface area contributed by atoms with Crippen molar-refractivity contribution >= 4 is 11.7 Å². The third kappa shape index (κ3) is 4.11. The number of hydrogen-bond donors (Lipinski definition) is 1. The molecule has 0 unspecified atom stereocenters. The van der Waals surface area contributed by atoms with Crippen molar-refractivity contribution in [2.75, 3.05) is 25.1 Å². The zero-order valence-electron chi connectivity index (χ0n) is 14.3. The lowest BCUT2D eigenvalue weighted by Crippen LogP contribution is -2.51. The molecule has 0 spiro atoms. The maximum atomic E-state index is 13.1. The van der Waals surface area contributed by atoms with Crippen LogP contribution in [0.3, 0.4) is 0 Å². The molecule has 0 aliphatic carbocycles. The van der Waals surface area contributed by atoms with Gasteiger partial charge in [0.15, 0.2) is 0 Å². The predicted molar refractivity (Wildman–Crippen MR) is 92.5 cm³/mol. The van der Waals surface area contributed by atoms with Crippen molar-refractivity contribution in [2.24, 2.45) is 0 Å². The fourth-order valence-electron chi connectivity index (χ4n) is 2.80. The van der Waals surface area contributed by atoms with Crippen molar-refractivity contribution in [2.45, 2.75) is 25.9 Å². The van der Waals surface area contributed by atoms with Crippen LogP contribution in [0.2, 0.25) is 0 Å². The van der Waals surface area contributed by atoms with Gasteiger partial charge in [0, 0.05) is 18.2 Å². The Balaban J connectivity index is 1.71. The number of aromatic nitrogens is 2. The van der Waals surface area contributed by atoms with Gasteiger partial charge in [0.1, 0.15) is 24.0 Å². The maximum absolute atomic E-state index is 13.1. The number of carbonyl (C=O) groups excluding carboxylic acids is 1. The third-order valence-corrected chi connectivity index (χ3v) is 4.19. The molecule has 6 nitrogen and oxygen atoms in total. The average molecular weight is 344 g/mol. The number of ether oxygens (including phenoxy) is 1. The fraction of sp³-hybridized carbons (Fsp3) is 0.389. The SMILES string of the molecule is C[C@@H](Nc1cc(-c2ccc(F)cc2)ncn1)C(=O)N1CCOC[C@@H]1C. The number of halogens is 1. The zero-order chi connectivity index (χ0) is 17.8. The number of nitrogens with zero attached hydrogens (tertiary/aromatic N) is 3. The molecule has 25 heavy (non-hydrogen) atoms. The molecule has 1 saturated heterocycles. The van der Waals surface area contributed by atoms with Gasteiger partial charge >= 0.3 is 0 Å². The minimum absolute atomic E-state index is 0.0118. The van der Waals surface area contributed by atoms with Crippen molar-refractivity contribution in [1.82, 2.24) is 14.9 Å². The van der Waals surface area contributed by atoms with Gasteiger partial charge in [-0.3, -0.25) is 4.79 Å². The number of morpholine rings is 1. The Morgan fingerprint density at radius 1 is 1.36 bits per heavy atom. The van der Waals surface area contributed by atoms with E-state index in [1.165, 1.54) is 18.5 Å². The first-order valence-corrected chi connectivity index (χ1v) is 8.27. The van der Waals surface area contributed by atoms with E-state index in [9.17, 15) is 9.18 Å². The quantitative estimate of drug-likeness (QED) is 0.922. The predicted octanol–water partition coefficient (Wildman–Crippen LogP) is 2.33. The molecule has 1 aromatic carbocycles. The lowest BCUT2D eigenvalue weighted by Gasteiger charge is -2.35. The standard InChI is InChI=1S/C18H21FN4O2/c1-12-10-25-8-7-23(12)18(24)13(2)22-17-9-16(20-11-21-17)14-3-5-15(19)6-4-14/h3-6,9,11-13H,7-8,10H2,1-2H3,(H,20,21,22)/t12-,13+/m0/s1. The first-order valence-electron chi connectivity index (χ1n) is 8.27. The number of carbonyl (C=O) groups is 1. The Bertz CT molecular complexity index is 738. The van der Waals surface area contributed by atoms with Crippen molar-refractivity contribution < 1.29 is 13.9 Å². The number of anilines is 1. The van der Waals surface area contributed by atoms with E-state index in [4.69, 9.17) is 4.74 Å². The van der Waals surface area contributed by atoms with Gasteiger partial charge in [-0.2, -0.15) is 0 Å². The summed E-state index contributed by atoms with van der Waals surface area (Å²) in [5, 5.41) is 3.12. The van der Waals surface area contributed by atoms with E-state index in [0.29, 0.717) is 31.3 Å². The van der Waals surface area contributed by atoms with Gasteiger partial charge in [0.25, 0.3) is 0 Å². The van der Waals surface area contributed by atoms with Crippen LogP contribution < -0.4 is 5.32 Å². The number of amides is 1. The molecule has 1 amide bonds. The van der Waals surface area contributed by atoms with Crippen molar-refractivity contribution in [3.05, 3.63) is 42.5 Å². The molecule has 132 valence electrons. The molecule has 2 atom stereocenters. The average Bonchev–Trinajstić information content (AvgIpc) is 2.62. The molecule has 1 aliphatic rings. The molecule has 0 bridgehead atoms. The number of rotatable bonds is 4. The van der Waals surface area contributed by atoms with Crippen LogP contribution in [0.5, 0.6) is 0 Å². The molecular weight excluding hydrogens is 323 g/mol. The second-order valence-electron chi connectivity index (χ2n) is 6.12. The molecule has 2 heterocycles. The van der Waals surface area contributed by atoms with Gasteiger partial charge in [-0.15, -0.1) is 0 Å². The summed E-state index contributed by atoms with van der Waals surface area (Å²) in [6, 6.07) is 7.48. The van der Waals surface area contributed by atoms with E-state index in [0.717, 1.165) is 5.56 Å². The van der Waals surface area contributed by atoms with Crippen LogP contribution >= 0.6 is 0 Å². The Kier molecular flexibility index (Phi) is 5.23. The van der Waals surface area contributed by atoms with Crippen LogP contribution in [0.25, 0.3) is 11.3 Å². The molecule has 2 aromatic rings. The van der Waals surface area contributed by atoms with Crippen LogP contribution in [0, 0.1) is 5.82 Å². The van der Waals surface area contributed by atoms with Gasteiger partial charge in [-0.1, -0.05) is 0 Å². The van der Waals surface area contributed by atoms with Gasteiger partial charge in [0.05, 0.1) is 24.9 Å². The summed E-state index contributed by atoms with van der Waals surface area (Å²) >= 11 is 0. The Hall–Kier alpha value is -2.54. The molecule has 0 radical (unpaired) electrons. The van der Waals surface area contributed by atoms with E-state index in [-0.39, 0.29) is 17.8 Å². The highest BCUT2D eigenvalue weighted by Crippen LogP contribution is 2.20. The summed E-state index contributed by atoms with van der Waals surface area (Å²) in [7, 11) is 0. The van der Waals surface area contributed by atoms with E-state index in [1.807, 2.05) is 18.7 Å². The van der Waals surface area contributed by atoms with Crippen LogP contribution in [0.1, 0.15) is 13.8 Å². The van der Waals surface area contributed by atoms with Crippen LogP contribution in [0.4, 0.5) is 10.2 Å². The molecular formula is C18H21FN4O2. The summed E-state index contributed by atoms with van der Waals surface area (Å²) in [6.07, 6.45) is 1.43. The first kappa shape index (κ1) is 17.3. The summed E-state index contributed by atoms with van der Waals surface area (Å²) in [6.45, 7) is 5.49. The lowest BCUT2D eigenvalue weighted by molar-refractivity contribution is -0.139. The van der Waals surface area contributed by atoms with Crippen molar-refractivity contribution in [3.8, 4) is 11.3 Å². The maximum Gasteiger partial charge on any atom is 0.245 e. The second kappa shape index (κ2) is 7.57. The normalized spacial score (nSPS) is 18.7. The van der Waals surface area contributed by atoms with Crippen LogP contribution in [-0.2, 0) is 9.53 Å². The molecule has 1 fully saturated rings. The van der Waals surface area contributed by atoms with E-state index < -0.39 is 6.04 Å². The fourth-order valence-corrected chi connectivity index (χ4v) is 2.80. The molecule has 1 N–H and O–H groups in total. The lowest BCUT2D eigenvalue weighted by atomic mass is 10.1. The van der Waals surface area contributed by atoms with Gasteiger partial charge in [-0.25, -0.2) is 14.4 Å². The molecule has 1 aliphatic heterocycles. The number of benzene rings is 1. The second-order valence-corrected chi connectivity index (χ2v) is 6.12. The van der Waals surface area contributed by atoms with Crippen molar-refractivity contribution in [3.63, 3.8) is 0 Å². The highest BCUT2D eigenvalue weighted by molar-refractivity contribution is 5.84. The van der Waals surface area contributed by atoms with Crippen LogP contribution in [-0.4, -0.2) is 52.6 Å². The van der Waals surface area contributed by atoms with E-state index in [1.54, 1.807) is 18.2 Å². The minimum Gasteiger partial charge on any atom is -0.377 e. The topological polar surface area (TPSA) is 67.4 Å². The monoisotopic (exact) mass is 344 g/mol. The summed E-state index contributed by atoms with van der Waals surface area (Å²) in [5.74, 6) is 0.267. The molecule has 3 rings (SSSR count). The molecule has 1 aromatic heterocycles. The van der Waals surface area contributed by atoms with E-state index in [2.05, 4.69) is 15.3 Å². The van der Waals surface area contributed by atoms with Gasteiger partial charge in [0.2, 0.25) is 5.91 Å². The smallest absolute Gasteiger partial charge is 0.245 e. The Morgan fingerprint density at radius 2 is 2.12 bits per heavy atom. The molecule has 0 saturated carbocycles. The highest BCUT2D eigenvalue weighted by Gasteiger charge is 2.27. The zero-order valence-corrected chi connectivity index (χ0v) is 14.3. The Labute approximate surface area is 146 Å². The summed E-state index contributed by atoms with van der Waals surface area (Å²) in [4.78, 5) is 22.8. The largest absolute Gasteiger partial charge is 0.377 e. The summed E-state index contributed by atoms with van der Waals surface area (Å²) in [5.41, 5.74) is 1.45. The molecule has 7 heteroatoms. The van der Waals surface area contributed by atoms with Crippen molar-refractivity contribution in [1.29, 1.82) is 0 Å².